The zero-order chi connectivity index (χ0) is 12.0. The molecular formula is C12H23NO3. The summed E-state index contributed by atoms with van der Waals surface area (Å²) in [6.07, 6.45) is 3.52. The van der Waals surface area contributed by atoms with Crippen LogP contribution in [0.2, 0.25) is 0 Å². The van der Waals surface area contributed by atoms with Gasteiger partial charge in [0.25, 0.3) is 0 Å². The van der Waals surface area contributed by atoms with Crippen molar-refractivity contribution in [3.8, 4) is 0 Å². The number of rotatable bonds is 5. The molecule has 0 aliphatic carbocycles. The summed E-state index contributed by atoms with van der Waals surface area (Å²) >= 11 is 0. The van der Waals surface area contributed by atoms with Crippen LogP contribution in [-0.2, 0) is 14.3 Å². The molecule has 94 valence electrons. The Kier molecular flexibility index (Phi) is 5.77. The van der Waals surface area contributed by atoms with Gasteiger partial charge in [0, 0.05) is 13.2 Å². The lowest BCUT2D eigenvalue weighted by molar-refractivity contribution is -0.147. The lowest BCUT2D eigenvalue weighted by atomic mass is 10.1. The van der Waals surface area contributed by atoms with Crippen LogP contribution in [-0.4, -0.2) is 49.8 Å². The van der Waals surface area contributed by atoms with E-state index in [-0.39, 0.29) is 18.1 Å². The third-order valence-electron chi connectivity index (χ3n) is 3.06. The highest BCUT2D eigenvalue weighted by Crippen LogP contribution is 2.16. The van der Waals surface area contributed by atoms with Gasteiger partial charge in [0.15, 0.2) is 0 Å². The fourth-order valence-electron chi connectivity index (χ4n) is 2.06. The van der Waals surface area contributed by atoms with E-state index in [0.717, 1.165) is 39.0 Å². The van der Waals surface area contributed by atoms with Gasteiger partial charge in [0.1, 0.15) is 6.04 Å². The number of ether oxygens (including phenoxy) is 2. The topological polar surface area (TPSA) is 38.8 Å². The average Bonchev–Trinajstić information content (AvgIpc) is 2.34. The van der Waals surface area contributed by atoms with E-state index in [4.69, 9.17) is 9.47 Å². The number of hydrogen-bond donors (Lipinski definition) is 0. The highest BCUT2D eigenvalue weighted by atomic mass is 16.5. The molecule has 1 saturated heterocycles. The molecule has 1 heterocycles. The van der Waals surface area contributed by atoms with E-state index in [1.807, 2.05) is 6.92 Å². The second-order valence-corrected chi connectivity index (χ2v) is 4.33. The van der Waals surface area contributed by atoms with Crippen molar-refractivity contribution in [1.82, 2.24) is 4.90 Å². The molecule has 0 aromatic rings. The molecule has 0 saturated carbocycles. The van der Waals surface area contributed by atoms with Crippen LogP contribution in [0.15, 0.2) is 0 Å². The third kappa shape index (κ3) is 3.76. The number of carbonyl (C=O) groups excluding carboxylic acids is 1. The number of nitrogens with zero attached hydrogens (tertiary/aromatic N) is 1. The maximum atomic E-state index is 11.4. The lowest BCUT2D eigenvalue weighted by Gasteiger charge is -2.35. The largest absolute Gasteiger partial charge is 0.468 e. The molecule has 2 atom stereocenters. The zero-order valence-corrected chi connectivity index (χ0v) is 10.6. The Morgan fingerprint density at radius 1 is 1.56 bits per heavy atom. The smallest absolute Gasteiger partial charge is 0.322 e. The summed E-state index contributed by atoms with van der Waals surface area (Å²) in [5.74, 6) is -0.156. The van der Waals surface area contributed by atoms with E-state index in [2.05, 4.69) is 11.8 Å². The summed E-state index contributed by atoms with van der Waals surface area (Å²) in [4.78, 5) is 13.6. The Hall–Kier alpha value is -0.610. The van der Waals surface area contributed by atoms with E-state index in [0.29, 0.717) is 0 Å². The third-order valence-corrected chi connectivity index (χ3v) is 3.06. The van der Waals surface area contributed by atoms with Gasteiger partial charge in [-0.1, -0.05) is 6.92 Å². The number of hydrogen-bond acceptors (Lipinski definition) is 4. The number of esters is 1. The van der Waals surface area contributed by atoms with Crippen molar-refractivity contribution in [2.45, 2.75) is 45.3 Å². The monoisotopic (exact) mass is 229 g/mol. The van der Waals surface area contributed by atoms with Crippen molar-refractivity contribution in [3.63, 3.8) is 0 Å². The summed E-state index contributed by atoms with van der Waals surface area (Å²) in [5, 5.41) is 0. The van der Waals surface area contributed by atoms with Crippen LogP contribution in [0.1, 0.15) is 33.1 Å². The van der Waals surface area contributed by atoms with Gasteiger partial charge in [-0.2, -0.15) is 0 Å². The van der Waals surface area contributed by atoms with Gasteiger partial charge in [-0.25, -0.2) is 0 Å². The van der Waals surface area contributed by atoms with Crippen LogP contribution in [0.5, 0.6) is 0 Å². The van der Waals surface area contributed by atoms with Crippen LogP contribution in [0.4, 0.5) is 0 Å². The van der Waals surface area contributed by atoms with Gasteiger partial charge in [-0.15, -0.1) is 0 Å². The molecule has 1 aliphatic heterocycles. The first-order valence-electron chi connectivity index (χ1n) is 6.12. The predicted molar refractivity (Wildman–Crippen MR) is 62.3 cm³/mol. The Bertz CT molecular complexity index is 220. The standard InChI is InChI=1S/C12H23NO3/c1-4-8-16-11-6-5-7-13(9-11)10(2)12(14)15-3/h10-11H,4-9H2,1-3H3. The van der Waals surface area contributed by atoms with Crippen molar-refractivity contribution >= 4 is 5.97 Å². The first kappa shape index (κ1) is 13.5. The second-order valence-electron chi connectivity index (χ2n) is 4.33. The van der Waals surface area contributed by atoms with Gasteiger partial charge in [0.2, 0.25) is 0 Å². The molecule has 0 aromatic heterocycles. The van der Waals surface area contributed by atoms with Crippen molar-refractivity contribution in [2.75, 3.05) is 26.8 Å². The minimum atomic E-state index is -0.156. The molecule has 4 heteroatoms. The minimum absolute atomic E-state index is 0.155. The molecule has 0 spiro atoms. The fourth-order valence-corrected chi connectivity index (χ4v) is 2.06. The first-order chi connectivity index (χ1) is 7.69. The van der Waals surface area contributed by atoms with Gasteiger partial charge in [-0.05, 0) is 32.7 Å². The van der Waals surface area contributed by atoms with Gasteiger partial charge in [0.05, 0.1) is 13.2 Å². The molecule has 0 amide bonds. The quantitative estimate of drug-likeness (QED) is 0.669. The fraction of sp³-hybridized carbons (Fsp3) is 0.917. The normalized spacial score (nSPS) is 24.1. The molecule has 0 aromatic carbocycles. The number of methoxy groups -OCH3 is 1. The van der Waals surface area contributed by atoms with Crippen molar-refractivity contribution in [1.29, 1.82) is 0 Å². The molecule has 16 heavy (non-hydrogen) atoms. The molecule has 1 fully saturated rings. The second kappa shape index (κ2) is 6.86. The van der Waals surface area contributed by atoms with Crippen LogP contribution < -0.4 is 0 Å². The van der Waals surface area contributed by atoms with Crippen LogP contribution in [0.25, 0.3) is 0 Å². The molecule has 1 rings (SSSR count). The predicted octanol–water partition coefficient (Wildman–Crippen LogP) is 1.44. The van der Waals surface area contributed by atoms with Gasteiger partial charge in [-0.3, -0.25) is 9.69 Å². The van der Waals surface area contributed by atoms with Crippen molar-refractivity contribution < 1.29 is 14.3 Å². The van der Waals surface area contributed by atoms with Crippen LogP contribution in [0.3, 0.4) is 0 Å². The Morgan fingerprint density at radius 3 is 2.94 bits per heavy atom. The summed E-state index contributed by atoms with van der Waals surface area (Å²) in [5.41, 5.74) is 0. The zero-order valence-electron chi connectivity index (χ0n) is 10.6. The summed E-state index contributed by atoms with van der Waals surface area (Å²) < 4.78 is 10.5. The first-order valence-corrected chi connectivity index (χ1v) is 6.12. The van der Waals surface area contributed by atoms with Crippen molar-refractivity contribution in [2.24, 2.45) is 0 Å². The number of piperidine rings is 1. The minimum Gasteiger partial charge on any atom is -0.468 e. The summed E-state index contributed by atoms with van der Waals surface area (Å²) in [6.45, 7) is 6.62. The van der Waals surface area contributed by atoms with Crippen LogP contribution >= 0.6 is 0 Å². The van der Waals surface area contributed by atoms with E-state index < -0.39 is 0 Å². The molecule has 0 radical (unpaired) electrons. The van der Waals surface area contributed by atoms with E-state index in [9.17, 15) is 4.79 Å². The van der Waals surface area contributed by atoms with Gasteiger partial charge >= 0.3 is 5.97 Å². The highest BCUT2D eigenvalue weighted by Gasteiger charge is 2.27. The van der Waals surface area contributed by atoms with E-state index >= 15 is 0 Å². The van der Waals surface area contributed by atoms with Crippen LogP contribution in [0, 0.1) is 0 Å². The molecule has 0 bridgehead atoms. The maximum Gasteiger partial charge on any atom is 0.322 e. The Labute approximate surface area is 97.9 Å². The molecule has 1 aliphatic rings. The summed E-state index contributed by atoms with van der Waals surface area (Å²) in [6, 6.07) is -0.155. The van der Waals surface area contributed by atoms with Gasteiger partial charge < -0.3 is 9.47 Å². The lowest BCUT2D eigenvalue weighted by Crippen LogP contribution is -2.47. The number of carbonyl (C=O) groups is 1. The SMILES string of the molecule is CCCOC1CCCN(C(C)C(=O)OC)C1. The van der Waals surface area contributed by atoms with Crippen molar-refractivity contribution in [3.05, 3.63) is 0 Å². The average molecular weight is 229 g/mol. The van der Waals surface area contributed by atoms with E-state index in [1.165, 1.54) is 7.11 Å². The summed E-state index contributed by atoms with van der Waals surface area (Å²) in [7, 11) is 1.44. The highest BCUT2D eigenvalue weighted by molar-refractivity contribution is 5.75. The maximum absolute atomic E-state index is 11.4. The Morgan fingerprint density at radius 2 is 2.31 bits per heavy atom. The Balaban J connectivity index is 2.40. The molecule has 4 nitrogen and oxygen atoms in total. The molecular weight excluding hydrogens is 206 g/mol. The van der Waals surface area contributed by atoms with E-state index in [1.54, 1.807) is 0 Å². The molecule has 0 N–H and O–H groups in total. The molecule has 2 unspecified atom stereocenters. The number of likely N-dealkylation sites (tertiary alicyclic amines) is 1.